The van der Waals surface area contributed by atoms with Crippen LogP contribution < -0.4 is 29.6 Å². The molecule has 0 spiro atoms. The van der Waals surface area contributed by atoms with Crippen LogP contribution in [0.2, 0.25) is 0 Å². The molecule has 0 aliphatic carbocycles. The summed E-state index contributed by atoms with van der Waals surface area (Å²) in [7, 11) is -4.57. The molecule has 0 saturated heterocycles. The summed E-state index contributed by atoms with van der Waals surface area (Å²) in [5.74, 6) is 0. The van der Waals surface area contributed by atoms with E-state index in [4.69, 9.17) is 4.79 Å². The Balaban J connectivity index is 0.0000103. The molecule has 0 heterocycles. The van der Waals surface area contributed by atoms with E-state index in [2.05, 4.69) is 19.9 Å². The third-order valence-corrected chi connectivity index (χ3v) is 13.0. The van der Waals surface area contributed by atoms with Crippen LogP contribution in [-0.4, -0.2) is 19.8 Å². The first-order valence-electron chi connectivity index (χ1n) is 24.3. The van der Waals surface area contributed by atoms with E-state index in [0.29, 0.717) is 11.8 Å². The van der Waals surface area contributed by atoms with Gasteiger partial charge in [0.25, 0.3) is 0 Å². The van der Waals surface area contributed by atoms with Crippen LogP contribution >= 0.6 is 0 Å². The molecule has 0 atom stereocenters. The second kappa shape index (κ2) is 40.7. The Morgan fingerprint density at radius 2 is 0.719 bits per heavy atom. The zero-order valence-corrected chi connectivity index (χ0v) is 40.8. The summed E-state index contributed by atoms with van der Waals surface area (Å²) in [5, 5.41) is 1.48. The minimum atomic E-state index is -4.57. The fourth-order valence-electron chi connectivity index (χ4n) is 8.62. The molecular weight excluding hydrogens is 732 g/mol. The van der Waals surface area contributed by atoms with E-state index < -0.39 is 10.1 Å². The quantitative estimate of drug-likeness (QED) is 0.0382. The number of hydrogen-bond acceptors (Lipinski definition) is 4. The summed E-state index contributed by atoms with van der Waals surface area (Å²) < 4.78 is 38.1. The molecule has 0 radical (unpaired) electrons. The van der Waals surface area contributed by atoms with Crippen molar-refractivity contribution in [1.29, 1.82) is 0 Å². The second-order valence-corrected chi connectivity index (χ2v) is 18.4. The van der Waals surface area contributed by atoms with Gasteiger partial charge in [-0.3, -0.25) is 0 Å². The largest absolute Gasteiger partial charge is 1.00 e. The van der Waals surface area contributed by atoms with Crippen LogP contribution in [0.4, 0.5) is 0 Å². The van der Waals surface area contributed by atoms with Gasteiger partial charge in [0, 0.05) is 0 Å². The molecule has 4 nitrogen and oxygen atoms in total. The van der Waals surface area contributed by atoms with Crippen molar-refractivity contribution in [2.24, 2.45) is 0 Å². The van der Waals surface area contributed by atoms with Crippen LogP contribution in [-0.2, 0) is 27.8 Å². The minimum Gasteiger partial charge on any atom is -0.744 e. The number of benzene rings is 2. The van der Waals surface area contributed by atoms with E-state index >= 15 is 0 Å². The average Bonchev–Trinajstić information content (AvgIpc) is 3.20. The fraction of sp³-hybridized carbons (Fsp3) is 0.784. The first-order chi connectivity index (χ1) is 27.5. The maximum absolute atomic E-state index is 12.7. The van der Waals surface area contributed by atoms with Crippen molar-refractivity contribution < 1.29 is 47.3 Å². The molecule has 2 aromatic carbocycles. The van der Waals surface area contributed by atoms with Crippen LogP contribution in [0.5, 0.6) is 0 Å². The van der Waals surface area contributed by atoms with Crippen molar-refractivity contribution in [3.05, 3.63) is 41.5 Å². The number of fused-ring (bicyclic) bond motifs is 1. The molecule has 0 N–H and O–H groups in total. The van der Waals surface area contributed by atoms with Crippen LogP contribution in [0.25, 0.3) is 10.8 Å². The molecule has 0 fully saturated rings. The molecule has 0 bridgehead atoms. The van der Waals surface area contributed by atoms with Gasteiger partial charge in [-0.1, -0.05) is 262 Å². The van der Waals surface area contributed by atoms with Crippen molar-refractivity contribution in [1.82, 2.24) is 0 Å². The number of aryl methyl sites for hydroxylation is 1. The van der Waals surface area contributed by atoms with Crippen molar-refractivity contribution in [2.75, 3.05) is 0 Å². The van der Waals surface area contributed by atoms with E-state index in [-0.39, 0.29) is 34.5 Å². The van der Waals surface area contributed by atoms with Gasteiger partial charge >= 0.3 is 29.6 Å². The summed E-state index contributed by atoms with van der Waals surface area (Å²) >= 11 is 0. The normalized spacial score (nSPS) is 11.4. The zero-order chi connectivity index (χ0) is 40.8. The Bertz CT molecular complexity index is 1280. The first-order valence-corrected chi connectivity index (χ1v) is 25.7. The van der Waals surface area contributed by atoms with Crippen LogP contribution in [0.3, 0.4) is 0 Å². The number of rotatable bonds is 39. The predicted molar refractivity (Wildman–Crippen MR) is 244 cm³/mol. The molecule has 0 unspecified atom stereocenters. The first kappa shape index (κ1) is 56.3. The molecule has 57 heavy (non-hydrogen) atoms. The van der Waals surface area contributed by atoms with Gasteiger partial charge in [0.2, 0.25) is 0 Å². The average molecular weight is 821 g/mol. The molecule has 2 aromatic rings. The van der Waals surface area contributed by atoms with Gasteiger partial charge in [0.05, 0.1) is 4.90 Å². The molecular formula is C51H89NaO4S. The third-order valence-electron chi connectivity index (χ3n) is 12.0. The molecule has 6 heteroatoms. The molecule has 0 aliphatic heterocycles. The van der Waals surface area contributed by atoms with Gasteiger partial charge in [-0.15, -0.1) is 0 Å². The Morgan fingerprint density at radius 1 is 0.439 bits per heavy atom. The van der Waals surface area contributed by atoms with E-state index in [9.17, 15) is 13.0 Å². The Labute approximate surface area is 376 Å². The van der Waals surface area contributed by atoms with Gasteiger partial charge in [-0.25, -0.2) is 8.42 Å². The van der Waals surface area contributed by atoms with Gasteiger partial charge in [-0.2, -0.15) is 0 Å². The molecule has 324 valence electrons. The number of carbonyl (C=O) groups is 1. The van der Waals surface area contributed by atoms with Crippen LogP contribution in [0.1, 0.15) is 256 Å². The Hall–Kier alpha value is -0.720. The number of unbranched alkanes of at least 4 members (excludes halogenated alkanes) is 34. The predicted octanol–water partition coefficient (Wildman–Crippen LogP) is 13.7. The van der Waals surface area contributed by atoms with Crippen molar-refractivity contribution in [3.8, 4) is 0 Å². The maximum atomic E-state index is 12.7. The Kier molecular flexibility index (Phi) is 40.2. The Morgan fingerprint density at radius 3 is 1.04 bits per heavy atom. The van der Waals surface area contributed by atoms with Crippen molar-refractivity contribution in [2.45, 2.75) is 263 Å². The van der Waals surface area contributed by atoms with Gasteiger partial charge < -0.3 is 9.35 Å². The summed E-state index contributed by atoms with van der Waals surface area (Å²) in [6.45, 7) is 6.58. The summed E-state index contributed by atoms with van der Waals surface area (Å²) in [6, 6.07) is 9.76. The summed E-state index contributed by atoms with van der Waals surface area (Å²) in [4.78, 5) is 8.06. The van der Waals surface area contributed by atoms with E-state index in [1.807, 2.05) is 31.1 Å². The molecule has 0 aromatic heterocycles. The monoisotopic (exact) mass is 821 g/mol. The van der Waals surface area contributed by atoms with Crippen LogP contribution in [0.15, 0.2) is 35.2 Å². The molecule has 0 amide bonds. The number of carbonyl (C=O) groups excluding carboxylic acids is 1. The minimum absolute atomic E-state index is 0. The zero-order valence-electron chi connectivity index (χ0n) is 38.0. The topological polar surface area (TPSA) is 74.3 Å². The third kappa shape index (κ3) is 30.0. The van der Waals surface area contributed by atoms with Gasteiger partial charge in [0.1, 0.15) is 16.9 Å². The second-order valence-electron chi connectivity index (χ2n) is 17.0. The molecule has 2 rings (SSSR count). The van der Waals surface area contributed by atoms with E-state index in [0.717, 1.165) is 42.2 Å². The number of hydrogen-bond donors (Lipinski definition) is 0. The van der Waals surface area contributed by atoms with Crippen LogP contribution in [0, 0.1) is 0 Å². The standard InChI is InChI=1S/C50H88O3S.CH2O.Na/c1-3-5-7-9-11-13-15-17-19-21-23-25-27-29-31-33-35-37-41-46-45-47-42-39-40-44-49(47)50(54(51,52)53)48(46)43-38-36-34-32-30-28-26-24-22-20-18-16-14-12-10-8-6-4-2;1-2;/h39-40,42,44-45H,3-38,41,43H2,1-2H3,(H,51,52,53);1H2;/q;;+1/p-1. The van der Waals surface area contributed by atoms with E-state index in [1.54, 1.807) is 0 Å². The maximum Gasteiger partial charge on any atom is 1.00 e. The van der Waals surface area contributed by atoms with Crippen molar-refractivity contribution in [3.63, 3.8) is 0 Å². The van der Waals surface area contributed by atoms with E-state index in [1.165, 1.54) is 212 Å². The molecule has 0 saturated carbocycles. The fourth-order valence-corrected chi connectivity index (χ4v) is 9.61. The summed E-state index contributed by atoms with van der Waals surface area (Å²) in [6.07, 6.45) is 49.9. The SMILES string of the molecule is C=O.CCCCCCCCCCCCCCCCCCCCc1cc2ccccc2c(S(=O)(=O)[O-])c1CCCCCCCCCCCCCCCCCCCC.[Na+]. The summed E-state index contributed by atoms with van der Waals surface area (Å²) in [5.41, 5.74) is 1.90. The van der Waals surface area contributed by atoms with Gasteiger partial charge in [0.15, 0.2) is 0 Å². The smallest absolute Gasteiger partial charge is 0.744 e. The van der Waals surface area contributed by atoms with Gasteiger partial charge in [-0.05, 0) is 47.6 Å². The molecule has 0 aliphatic rings. The van der Waals surface area contributed by atoms with Crippen molar-refractivity contribution >= 4 is 27.7 Å².